The van der Waals surface area contributed by atoms with Crippen LogP contribution in [-0.4, -0.2) is 23.4 Å². The lowest BCUT2D eigenvalue weighted by Crippen LogP contribution is -2.12. The standard InChI is InChI=1S/C15H20BrN3O/c1-4-17-8-13-9-18-19(11(13)2)10-12-5-6-15(20-3)14(16)7-12/h5-7,9,17H,4,8,10H2,1-3H3. The number of nitrogens with one attached hydrogen (secondary N) is 1. The van der Waals surface area contributed by atoms with Crippen molar-refractivity contribution in [3.8, 4) is 5.75 Å². The van der Waals surface area contributed by atoms with Crippen LogP contribution in [0.2, 0.25) is 0 Å². The number of methoxy groups -OCH3 is 1. The molecule has 1 aromatic heterocycles. The number of ether oxygens (including phenoxy) is 1. The lowest BCUT2D eigenvalue weighted by Gasteiger charge is -2.09. The minimum absolute atomic E-state index is 0.764. The second-order valence-electron chi connectivity index (χ2n) is 4.66. The number of rotatable bonds is 6. The van der Waals surface area contributed by atoms with Crippen LogP contribution in [0.25, 0.3) is 0 Å². The lowest BCUT2D eigenvalue weighted by molar-refractivity contribution is 0.412. The third-order valence-corrected chi connectivity index (χ3v) is 3.94. The quantitative estimate of drug-likeness (QED) is 0.880. The molecular formula is C15H20BrN3O. The highest BCUT2D eigenvalue weighted by Gasteiger charge is 2.07. The number of aromatic nitrogens is 2. The molecule has 0 saturated heterocycles. The molecule has 1 N–H and O–H groups in total. The van der Waals surface area contributed by atoms with Crippen LogP contribution in [0.4, 0.5) is 0 Å². The molecule has 108 valence electrons. The minimum Gasteiger partial charge on any atom is -0.496 e. The molecule has 0 amide bonds. The number of halogens is 1. The van der Waals surface area contributed by atoms with E-state index in [0.29, 0.717) is 0 Å². The molecule has 2 rings (SSSR count). The number of nitrogens with zero attached hydrogens (tertiary/aromatic N) is 2. The second kappa shape index (κ2) is 6.90. The predicted molar refractivity (Wildman–Crippen MR) is 84.1 cm³/mol. The van der Waals surface area contributed by atoms with Crippen LogP contribution in [0.5, 0.6) is 5.75 Å². The number of hydrogen-bond donors (Lipinski definition) is 1. The van der Waals surface area contributed by atoms with Gasteiger partial charge in [0, 0.05) is 17.8 Å². The van der Waals surface area contributed by atoms with Crippen LogP contribution >= 0.6 is 15.9 Å². The predicted octanol–water partition coefficient (Wildman–Crippen LogP) is 3.12. The van der Waals surface area contributed by atoms with Gasteiger partial charge in [-0.2, -0.15) is 5.10 Å². The fraction of sp³-hybridized carbons (Fsp3) is 0.400. The smallest absolute Gasteiger partial charge is 0.133 e. The molecule has 0 unspecified atom stereocenters. The van der Waals surface area contributed by atoms with E-state index in [-0.39, 0.29) is 0 Å². The Morgan fingerprint density at radius 1 is 1.40 bits per heavy atom. The Hall–Kier alpha value is -1.33. The average Bonchev–Trinajstić information content (AvgIpc) is 2.78. The van der Waals surface area contributed by atoms with E-state index in [2.05, 4.69) is 52.3 Å². The summed E-state index contributed by atoms with van der Waals surface area (Å²) in [7, 11) is 1.67. The number of benzene rings is 1. The van der Waals surface area contributed by atoms with E-state index >= 15 is 0 Å². The Labute approximate surface area is 128 Å². The van der Waals surface area contributed by atoms with Crippen molar-refractivity contribution in [2.24, 2.45) is 0 Å². The molecule has 0 radical (unpaired) electrons. The normalized spacial score (nSPS) is 10.8. The van der Waals surface area contributed by atoms with Gasteiger partial charge in [-0.25, -0.2) is 0 Å². The molecule has 0 bridgehead atoms. The SMILES string of the molecule is CCNCc1cnn(Cc2ccc(OC)c(Br)c2)c1C. The van der Waals surface area contributed by atoms with Crippen molar-refractivity contribution < 1.29 is 4.74 Å². The zero-order valence-electron chi connectivity index (χ0n) is 12.1. The second-order valence-corrected chi connectivity index (χ2v) is 5.52. The first-order chi connectivity index (χ1) is 9.65. The van der Waals surface area contributed by atoms with Gasteiger partial charge in [-0.3, -0.25) is 4.68 Å². The number of hydrogen-bond acceptors (Lipinski definition) is 3. The summed E-state index contributed by atoms with van der Waals surface area (Å²) in [4.78, 5) is 0. The van der Waals surface area contributed by atoms with Gasteiger partial charge in [-0.05, 0) is 47.1 Å². The highest BCUT2D eigenvalue weighted by Crippen LogP contribution is 2.26. The highest BCUT2D eigenvalue weighted by molar-refractivity contribution is 9.10. The van der Waals surface area contributed by atoms with Crippen molar-refractivity contribution in [3.05, 3.63) is 45.7 Å². The van der Waals surface area contributed by atoms with Crippen LogP contribution in [0.15, 0.2) is 28.9 Å². The topological polar surface area (TPSA) is 39.1 Å². The van der Waals surface area contributed by atoms with E-state index < -0.39 is 0 Å². The van der Waals surface area contributed by atoms with E-state index in [0.717, 1.165) is 29.9 Å². The molecule has 0 saturated carbocycles. The van der Waals surface area contributed by atoms with Gasteiger partial charge in [0.25, 0.3) is 0 Å². The van der Waals surface area contributed by atoms with Crippen molar-refractivity contribution in [3.63, 3.8) is 0 Å². The molecule has 0 aliphatic carbocycles. The Kier molecular flexibility index (Phi) is 5.20. The summed E-state index contributed by atoms with van der Waals surface area (Å²) in [6.07, 6.45) is 1.94. The van der Waals surface area contributed by atoms with Crippen molar-refractivity contribution in [1.82, 2.24) is 15.1 Å². The highest BCUT2D eigenvalue weighted by atomic mass is 79.9. The zero-order chi connectivity index (χ0) is 14.5. The summed E-state index contributed by atoms with van der Waals surface area (Å²) in [5, 5.41) is 7.80. The molecule has 0 aliphatic rings. The van der Waals surface area contributed by atoms with Gasteiger partial charge >= 0.3 is 0 Å². The summed E-state index contributed by atoms with van der Waals surface area (Å²) in [5.74, 6) is 0.846. The molecule has 20 heavy (non-hydrogen) atoms. The molecule has 4 nitrogen and oxygen atoms in total. The van der Waals surface area contributed by atoms with Gasteiger partial charge in [-0.15, -0.1) is 0 Å². The van der Waals surface area contributed by atoms with E-state index in [1.807, 2.05) is 16.9 Å². The van der Waals surface area contributed by atoms with Crippen LogP contribution < -0.4 is 10.1 Å². The Balaban J connectivity index is 2.14. The summed E-state index contributed by atoms with van der Waals surface area (Å²) < 4.78 is 8.24. The third kappa shape index (κ3) is 3.41. The van der Waals surface area contributed by atoms with Gasteiger partial charge in [0.05, 0.1) is 24.3 Å². The monoisotopic (exact) mass is 337 g/mol. The first-order valence-electron chi connectivity index (χ1n) is 6.70. The van der Waals surface area contributed by atoms with Gasteiger partial charge in [0.1, 0.15) is 5.75 Å². The largest absolute Gasteiger partial charge is 0.496 e. The zero-order valence-corrected chi connectivity index (χ0v) is 13.7. The molecule has 1 heterocycles. The molecule has 2 aromatic rings. The summed E-state index contributed by atoms with van der Waals surface area (Å²) in [5.41, 5.74) is 3.65. The first kappa shape index (κ1) is 15.1. The van der Waals surface area contributed by atoms with Gasteiger partial charge in [0.15, 0.2) is 0 Å². The lowest BCUT2D eigenvalue weighted by atomic mass is 10.2. The van der Waals surface area contributed by atoms with Gasteiger partial charge < -0.3 is 10.1 Å². The maximum Gasteiger partial charge on any atom is 0.133 e. The maximum atomic E-state index is 5.24. The molecule has 0 spiro atoms. The Morgan fingerprint density at radius 2 is 2.20 bits per heavy atom. The average molecular weight is 338 g/mol. The van der Waals surface area contributed by atoms with E-state index in [9.17, 15) is 0 Å². The summed E-state index contributed by atoms with van der Waals surface area (Å²) >= 11 is 3.51. The van der Waals surface area contributed by atoms with Crippen LogP contribution in [-0.2, 0) is 13.1 Å². The molecule has 1 aromatic carbocycles. The van der Waals surface area contributed by atoms with Gasteiger partial charge in [0.2, 0.25) is 0 Å². The fourth-order valence-corrected chi connectivity index (χ4v) is 2.65. The first-order valence-corrected chi connectivity index (χ1v) is 7.49. The Morgan fingerprint density at radius 3 is 2.85 bits per heavy atom. The van der Waals surface area contributed by atoms with Crippen molar-refractivity contribution >= 4 is 15.9 Å². The van der Waals surface area contributed by atoms with E-state index in [4.69, 9.17) is 4.74 Å². The van der Waals surface area contributed by atoms with E-state index in [1.165, 1.54) is 16.8 Å². The Bertz CT molecular complexity index is 580. The molecule has 0 aliphatic heterocycles. The maximum absolute atomic E-state index is 5.24. The molecule has 5 heteroatoms. The van der Waals surface area contributed by atoms with Crippen LogP contribution in [0, 0.1) is 6.92 Å². The molecule has 0 fully saturated rings. The van der Waals surface area contributed by atoms with Crippen LogP contribution in [0.1, 0.15) is 23.7 Å². The van der Waals surface area contributed by atoms with Crippen molar-refractivity contribution in [1.29, 1.82) is 0 Å². The van der Waals surface area contributed by atoms with Crippen molar-refractivity contribution in [2.45, 2.75) is 26.9 Å². The van der Waals surface area contributed by atoms with E-state index in [1.54, 1.807) is 7.11 Å². The molecular weight excluding hydrogens is 318 g/mol. The summed E-state index contributed by atoms with van der Waals surface area (Å²) in [6.45, 7) is 6.82. The summed E-state index contributed by atoms with van der Waals surface area (Å²) in [6, 6.07) is 6.11. The third-order valence-electron chi connectivity index (χ3n) is 3.32. The minimum atomic E-state index is 0.764. The molecule has 0 atom stereocenters. The van der Waals surface area contributed by atoms with Crippen molar-refractivity contribution in [2.75, 3.05) is 13.7 Å². The van der Waals surface area contributed by atoms with Gasteiger partial charge in [-0.1, -0.05) is 13.0 Å². The van der Waals surface area contributed by atoms with Crippen LogP contribution in [0.3, 0.4) is 0 Å². The fourth-order valence-electron chi connectivity index (χ4n) is 2.06.